The molecule has 0 radical (unpaired) electrons. The molecule has 1 atom stereocenters. The Kier molecular flexibility index (Phi) is 6.67. The van der Waals surface area contributed by atoms with Crippen LogP contribution in [-0.2, 0) is 9.59 Å². The molecule has 4 rings (SSSR count). The first-order valence-electron chi connectivity index (χ1n) is 11.6. The minimum absolute atomic E-state index is 0.0101. The lowest BCUT2D eigenvalue weighted by Crippen LogP contribution is -2.29. The number of hydrogen-bond acceptors (Lipinski definition) is 4. The van der Waals surface area contributed by atoms with Gasteiger partial charge in [0.1, 0.15) is 11.5 Å². The lowest BCUT2D eigenvalue weighted by Gasteiger charge is -2.26. The van der Waals surface area contributed by atoms with Crippen molar-refractivity contribution >= 4 is 23.1 Å². The van der Waals surface area contributed by atoms with Crippen molar-refractivity contribution in [1.82, 2.24) is 0 Å². The van der Waals surface area contributed by atoms with Crippen LogP contribution in [0.3, 0.4) is 0 Å². The Hall–Kier alpha value is -4.00. The molecular formula is C29H27F2NO4. The highest BCUT2D eigenvalue weighted by Crippen LogP contribution is 2.43. The van der Waals surface area contributed by atoms with Gasteiger partial charge >= 0.3 is 0 Å². The lowest BCUT2D eigenvalue weighted by atomic mass is 9.90. The van der Waals surface area contributed by atoms with Crippen LogP contribution < -0.4 is 9.64 Å². The number of ether oxygens (including phenoxy) is 1. The summed E-state index contributed by atoms with van der Waals surface area (Å²) >= 11 is 0. The quantitative estimate of drug-likeness (QED) is 0.257. The van der Waals surface area contributed by atoms with Crippen LogP contribution in [0.4, 0.5) is 14.5 Å². The van der Waals surface area contributed by atoms with Gasteiger partial charge in [0, 0.05) is 17.3 Å². The van der Waals surface area contributed by atoms with Crippen molar-refractivity contribution in [2.24, 2.45) is 0 Å². The number of benzene rings is 3. The van der Waals surface area contributed by atoms with E-state index in [0.717, 1.165) is 28.2 Å². The first kappa shape index (κ1) is 25.1. The van der Waals surface area contributed by atoms with E-state index in [9.17, 15) is 23.5 Å². The van der Waals surface area contributed by atoms with Gasteiger partial charge in [0.05, 0.1) is 18.7 Å². The number of Topliss-reactive ketones (excluding diaryl/α,β-unsaturated/α-hetero) is 1. The van der Waals surface area contributed by atoms with Gasteiger partial charge in [0.2, 0.25) is 0 Å². The first-order chi connectivity index (χ1) is 17.0. The zero-order valence-corrected chi connectivity index (χ0v) is 20.7. The highest BCUT2D eigenvalue weighted by atomic mass is 19.2. The van der Waals surface area contributed by atoms with Gasteiger partial charge in [0.25, 0.3) is 11.7 Å². The summed E-state index contributed by atoms with van der Waals surface area (Å²) in [6.45, 7) is 7.59. The lowest BCUT2D eigenvalue weighted by molar-refractivity contribution is -0.132. The Bertz CT molecular complexity index is 1410. The summed E-state index contributed by atoms with van der Waals surface area (Å²) in [6.07, 6.45) is 0. The van der Waals surface area contributed by atoms with Gasteiger partial charge in [-0.3, -0.25) is 14.5 Å². The van der Waals surface area contributed by atoms with E-state index in [1.807, 2.05) is 26.8 Å². The van der Waals surface area contributed by atoms with Crippen LogP contribution in [0, 0.1) is 25.5 Å². The molecule has 5 nitrogen and oxygen atoms in total. The van der Waals surface area contributed by atoms with Crippen molar-refractivity contribution in [3.8, 4) is 5.75 Å². The zero-order chi connectivity index (χ0) is 26.3. The van der Waals surface area contributed by atoms with Crippen LogP contribution in [-0.4, -0.2) is 23.9 Å². The minimum Gasteiger partial charge on any atom is -0.507 e. The van der Waals surface area contributed by atoms with Gasteiger partial charge < -0.3 is 9.84 Å². The Morgan fingerprint density at radius 2 is 1.72 bits per heavy atom. The third-order valence-electron chi connectivity index (χ3n) is 6.44. The van der Waals surface area contributed by atoms with Crippen molar-refractivity contribution in [3.05, 3.63) is 99.6 Å². The van der Waals surface area contributed by atoms with E-state index >= 15 is 0 Å². The maximum absolute atomic E-state index is 14.1. The van der Waals surface area contributed by atoms with Gasteiger partial charge in [-0.25, -0.2) is 8.78 Å². The number of anilines is 1. The molecule has 0 bridgehead atoms. The fourth-order valence-corrected chi connectivity index (χ4v) is 4.62. The molecule has 36 heavy (non-hydrogen) atoms. The van der Waals surface area contributed by atoms with Crippen LogP contribution >= 0.6 is 0 Å². The number of nitrogens with zero attached hydrogens (tertiary/aromatic N) is 1. The zero-order valence-electron chi connectivity index (χ0n) is 20.7. The van der Waals surface area contributed by atoms with Gasteiger partial charge in [-0.2, -0.15) is 0 Å². The molecule has 1 fully saturated rings. The van der Waals surface area contributed by atoms with E-state index in [4.69, 9.17) is 4.74 Å². The fourth-order valence-electron chi connectivity index (χ4n) is 4.62. The van der Waals surface area contributed by atoms with Crippen molar-refractivity contribution < 1.29 is 28.2 Å². The summed E-state index contributed by atoms with van der Waals surface area (Å²) < 4.78 is 33.3. The molecule has 1 aliphatic rings. The molecule has 0 spiro atoms. The number of carbonyl (C=O) groups is 2. The van der Waals surface area contributed by atoms with Gasteiger partial charge in [-0.15, -0.1) is 0 Å². The molecule has 1 aliphatic heterocycles. The molecule has 0 aromatic heterocycles. The van der Waals surface area contributed by atoms with Crippen LogP contribution in [0.15, 0.2) is 60.2 Å². The molecule has 0 aliphatic carbocycles. The maximum Gasteiger partial charge on any atom is 0.300 e. The number of halogens is 2. The monoisotopic (exact) mass is 491 g/mol. The number of methoxy groups -OCH3 is 1. The SMILES string of the molecule is COc1cc(C)c(/C(O)=C2\C(=O)C(=O)N(c3ccc(F)c(F)c3)C2c2cccc(C)c2)cc1C(C)C. The molecular weight excluding hydrogens is 464 g/mol. The smallest absolute Gasteiger partial charge is 0.300 e. The number of carbonyl (C=O) groups excluding carboxylic acids is 2. The number of rotatable bonds is 5. The normalized spacial score (nSPS) is 17.2. The van der Waals surface area contributed by atoms with Crippen LogP contribution in [0.25, 0.3) is 5.76 Å². The molecule has 1 amide bonds. The average molecular weight is 492 g/mol. The minimum atomic E-state index is -1.15. The second-order valence-electron chi connectivity index (χ2n) is 9.25. The van der Waals surface area contributed by atoms with Gasteiger partial charge in [-0.05, 0) is 60.7 Å². The molecule has 1 heterocycles. The highest BCUT2D eigenvalue weighted by Gasteiger charge is 2.47. The summed E-state index contributed by atoms with van der Waals surface area (Å²) in [4.78, 5) is 27.8. The Morgan fingerprint density at radius 1 is 1.00 bits per heavy atom. The van der Waals surface area contributed by atoms with Crippen molar-refractivity contribution in [2.45, 2.75) is 39.7 Å². The van der Waals surface area contributed by atoms with E-state index < -0.39 is 29.4 Å². The number of aryl methyl sites for hydroxylation is 2. The molecule has 1 unspecified atom stereocenters. The number of aliphatic hydroxyl groups excluding tert-OH is 1. The molecule has 1 N–H and O–H groups in total. The summed E-state index contributed by atoms with van der Waals surface area (Å²) in [5, 5.41) is 11.5. The van der Waals surface area contributed by atoms with E-state index in [-0.39, 0.29) is 22.9 Å². The fraction of sp³-hybridized carbons (Fsp3) is 0.241. The molecule has 186 valence electrons. The average Bonchev–Trinajstić information content (AvgIpc) is 3.10. The maximum atomic E-state index is 14.1. The molecule has 1 saturated heterocycles. The number of hydrogen-bond donors (Lipinski definition) is 1. The van der Waals surface area contributed by atoms with E-state index in [2.05, 4.69) is 0 Å². The first-order valence-corrected chi connectivity index (χ1v) is 11.6. The second kappa shape index (κ2) is 9.57. The van der Waals surface area contributed by atoms with Crippen LogP contribution in [0.5, 0.6) is 5.75 Å². The summed E-state index contributed by atoms with van der Waals surface area (Å²) in [5.74, 6) is -3.70. The number of ketones is 1. The number of amides is 1. The predicted octanol–water partition coefficient (Wildman–Crippen LogP) is 6.34. The molecule has 3 aromatic carbocycles. The third-order valence-corrected chi connectivity index (χ3v) is 6.44. The molecule has 0 saturated carbocycles. The summed E-state index contributed by atoms with van der Waals surface area (Å²) in [7, 11) is 1.56. The summed E-state index contributed by atoms with van der Waals surface area (Å²) in [6, 6.07) is 12.6. The van der Waals surface area contributed by atoms with Crippen LogP contribution in [0.1, 0.15) is 53.6 Å². The summed E-state index contributed by atoms with van der Waals surface area (Å²) in [5.41, 5.74) is 3.17. The Labute approximate surface area is 208 Å². The van der Waals surface area contributed by atoms with Crippen molar-refractivity contribution in [3.63, 3.8) is 0 Å². The third kappa shape index (κ3) is 4.26. The van der Waals surface area contributed by atoms with Crippen LogP contribution in [0.2, 0.25) is 0 Å². The topological polar surface area (TPSA) is 66.8 Å². The van der Waals surface area contributed by atoms with E-state index in [1.54, 1.807) is 44.4 Å². The van der Waals surface area contributed by atoms with E-state index in [1.165, 1.54) is 6.07 Å². The second-order valence-corrected chi connectivity index (χ2v) is 9.25. The Balaban J connectivity index is 2.00. The van der Waals surface area contributed by atoms with E-state index in [0.29, 0.717) is 22.4 Å². The Morgan fingerprint density at radius 3 is 2.33 bits per heavy atom. The van der Waals surface area contributed by atoms with Crippen molar-refractivity contribution in [2.75, 3.05) is 12.0 Å². The van der Waals surface area contributed by atoms with Gasteiger partial charge in [-0.1, -0.05) is 43.7 Å². The molecule has 3 aromatic rings. The number of aliphatic hydroxyl groups is 1. The predicted molar refractivity (Wildman–Crippen MR) is 134 cm³/mol. The largest absolute Gasteiger partial charge is 0.507 e. The molecule has 7 heteroatoms. The van der Waals surface area contributed by atoms with Crippen molar-refractivity contribution in [1.29, 1.82) is 0 Å². The van der Waals surface area contributed by atoms with Gasteiger partial charge in [0.15, 0.2) is 11.6 Å². The highest BCUT2D eigenvalue weighted by molar-refractivity contribution is 6.51. The standard InChI is InChI=1S/C29H27F2NO4/c1-15(2)20-14-21(17(4)12-24(20)36-5)27(33)25-26(18-8-6-7-16(3)11-18)32(29(35)28(25)34)19-9-10-22(30)23(31)13-19/h6-15,26,33H,1-5H3/b27-25+.